The molecule has 1 atom stereocenters. The van der Waals surface area contributed by atoms with Crippen molar-refractivity contribution >= 4 is 5.97 Å². The zero-order chi connectivity index (χ0) is 16.5. The highest BCUT2D eigenvalue weighted by atomic mass is 16.6. The molecule has 0 aromatic carbocycles. The maximum absolute atomic E-state index is 11.1. The van der Waals surface area contributed by atoms with Gasteiger partial charge in [-0.1, -0.05) is 6.92 Å². The van der Waals surface area contributed by atoms with Crippen LogP contribution in [-0.4, -0.2) is 64.9 Å². The van der Waals surface area contributed by atoms with Crippen LogP contribution in [0.15, 0.2) is 0 Å². The van der Waals surface area contributed by atoms with Gasteiger partial charge in [0.1, 0.15) is 0 Å². The van der Waals surface area contributed by atoms with Crippen LogP contribution in [0.3, 0.4) is 0 Å². The van der Waals surface area contributed by atoms with Gasteiger partial charge in [-0.15, -0.1) is 0 Å². The fourth-order valence-corrected chi connectivity index (χ4v) is 1.52. The zero-order valence-corrected chi connectivity index (χ0v) is 14.3. The first-order valence-corrected chi connectivity index (χ1v) is 8.21. The number of carbonyl (C=O) groups excluding carboxylic acids is 1. The lowest BCUT2D eigenvalue weighted by Crippen LogP contribution is -2.14. The number of hydrogen-bond donors (Lipinski definition) is 0. The Labute approximate surface area is 134 Å². The third-order valence-corrected chi connectivity index (χ3v) is 2.92. The van der Waals surface area contributed by atoms with E-state index in [0.29, 0.717) is 71.8 Å². The van der Waals surface area contributed by atoms with Crippen LogP contribution in [0.2, 0.25) is 0 Å². The highest BCUT2D eigenvalue weighted by Crippen LogP contribution is 1.95. The molecule has 0 bridgehead atoms. The van der Waals surface area contributed by atoms with Crippen molar-refractivity contribution in [1.29, 1.82) is 0 Å². The monoisotopic (exact) mass is 320 g/mol. The van der Waals surface area contributed by atoms with E-state index in [2.05, 4.69) is 13.8 Å². The molecule has 22 heavy (non-hydrogen) atoms. The second-order valence-electron chi connectivity index (χ2n) is 4.84. The summed E-state index contributed by atoms with van der Waals surface area (Å²) in [6.45, 7) is 10.3. The molecule has 132 valence electrons. The van der Waals surface area contributed by atoms with E-state index in [1.807, 2.05) is 0 Å². The molecule has 0 amide bonds. The topological polar surface area (TPSA) is 63.2 Å². The van der Waals surface area contributed by atoms with E-state index in [1.54, 1.807) is 6.92 Å². The minimum Gasteiger partial charge on any atom is -0.466 e. The highest BCUT2D eigenvalue weighted by Gasteiger charge is 2.00. The molecule has 6 nitrogen and oxygen atoms in total. The zero-order valence-electron chi connectivity index (χ0n) is 14.3. The number of ether oxygens (including phenoxy) is 5. The summed E-state index contributed by atoms with van der Waals surface area (Å²) < 4.78 is 26.4. The van der Waals surface area contributed by atoms with Gasteiger partial charge in [0.05, 0.1) is 52.4 Å². The Morgan fingerprint density at radius 1 is 0.864 bits per heavy atom. The standard InChI is InChI=1S/C16H32O6/c1-4-15(3)22-14-13-20-12-11-19-10-9-18-8-6-7-16(17)21-5-2/h15H,4-14H2,1-3H3. The Morgan fingerprint density at radius 2 is 1.41 bits per heavy atom. The van der Waals surface area contributed by atoms with Gasteiger partial charge in [-0.05, 0) is 26.7 Å². The molecule has 0 radical (unpaired) electrons. The van der Waals surface area contributed by atoms with Crippen LogP contribution >= 0.6 is 0 Å². The van der Waals surface area contributed by atoms with Crippen molar-refractivity contribution in [2.24, 2.45) is 0 Å². The molecule has 0 aromatic rings. The number of hydrogen-bond acceptors (Lipinski definition) is 6. The first-order chi connectivity index (χ1) is 10.7. The van der Waals surface area contributed by atoms with Crippen LogP contribution in [0.5, 0.6) is 0 Å². The molecule has 0 heterocycles. The Kier molecular flexibility index (Phi) is 16.2. The molecule has 6 heteroatoms. The maximum atomic E-state index is 11.1. The largest absolute Gasteiger partial charge is 0.466 e. The van der Waals surface area contributed by atoms with Crippen LogP contribution in [0.25, 0.3) is 0 Å². The third-order valence-electron chi connectivity index (χ3n) is 2.92. The summed E-state index contributed by atoms with van der Waals surface area (Å²) in [6, 6.07) is 0. The molecule has 0 aromatic heterocycles. The molecular formula is C16H32O6. The fourth-order valence-electron chi connectivity index (χ4n) is 1.52. The normalized spacial score (nSPS) is 12.3. The Hall–Kier alpha value is -0.690. The first-order valence-electron chi connectivity index (χ1n) is 8.21. The summed E-state index contributed by atoms with van der Waals surface area (Å²) in [5, 5.41) is 0. The summed E-state index contributed by atoms with van der Waals surface area (Å²) in [5.41, 5.74) is 0. The second kappa shape index (κ2) is 16.7. The van der Waals surface area contributed by atoms with E-state index in [9.17, 15) is 4.79 Å². The van der Waals surface area contributed by atoms with E-state index >= 15 is 0 Å². The lowest BCUT2D eigenvalue weighted by Gasteiger charge is -2.10. The molecule has 1 unspecified atom stereocenters. The van der Waals surface area contributed by atoms with Crippen LogP contribution < -0.4 is 0 Å². The summed E-state index contributed by atoms with van der Waals surface area (Å²) in [6.07, 6.45) is 2.39. The SMILES string of the molecule is CCOC(=O)CCCOCCOCCOCCOC(C)CC. The molecule has 0 aliphatic rings. The Balaban J connectivity index is 3.07. The minimum absolute atomic E-state index is 0.170. The van der Waals surface area contributed by atoms with Gasteiger partial charge in [-0.25, -0.2) is 0 Å². The molecule has 0 N–H and O–H groups in total. The van der Waals surface area contributed by atoms with E-state index in [4.69, 9.17) is 23.7 Å². The van der Waals surface area contributed by atoms with Gasteiger partial charge in [-0.3, -0.25) is 4.79 Å². The Bertz CT molecular complexity index is 247. The molecule has 0 rings (SSSR count). The minimum atomic E-state index is -0.170. The van der Waals surface area contributed by atoms with Crippen molar-refractivity contribution < 1.29 is 28.5 Å². The van der Waals surface area contributed by atoms with E-state index in [0.717, 1.165) is 6.42 Å². The van der Waals surface area contributed by atoms with E-state index < -0.39 is 0 Å². The highest BCUT2D eigenvalue weighted by molar-refractivity contribution is 5.69. The molecule has 0 saturated carbocycles. The predicted octanol–water partition coefficient (Wildman–Crippen LogP) is 2.19. The van der Waals surface area contributed by atoms with Crippen molar-refractivity contribution in [2.75, 3.05) is 52.9 Å². The van der Waals surface area contributed by atoms with Crippen LogP contribution in [0, 0.1) is 0 Å². The molecule has 0 aliphatic heterocycles. The lowest BCUT2D eigenvalue weighted by atomic mass is 10.3. The summed E-state index contributed by atoms with van der Waals surface area (Å²) in [4.78, 5) is 11.1. The molecule has 0 fully saturated rings. The lowest BCUT2D eigenvalue weighted by molar-refractivity contribution is -0.143. The van der Waals surface area contributed by atoms with Crippen molar-refractivity contribution in [3.63, 3.8) is 0 Å². The molecular weight excluding hydrogens is 288 g/mol. The van der Waals surface area contributed by atoms with Gasteiger partial charge in [0, 0.05) is 13.0 Å². The second-order valence-corrected chi connectivity index (χ2v) is 4.84. The van der Waals surface area contributed by atoms with E-state index in [1.165, 1.54) is 0 Å². The summed E-state index contributed by atoms with van der Waals surface area (Å²) in [5.74, 6) is -0.170. The van der Waals surface area contributed by atoms with Gasteiger partial charge in [-0.2, -0.15) is 0 Å². The Morgan fingerprint density at radius 3 is 1.95 bits per heavy atom. The number of rotatable bonds is 16. The molecule has 0 spiro atoms. The predicted molar refractivity (Wildman–Crippen MR) is 84.0 cm³/mol. The van der Waals surface area contributed by atoms with Crippen molar-refractivity contribution in [2.45, 2.75) is 46.1 Å². The summed E-state index contributed by atoms with van der Waals surface area (Å²) >= 11 is 0. The molecule has 0 saturated heterocycles. The van der Waals surface area contributed by atoms with Gasteiger partial charge < -0.3 is 23.7 Å². The van der Waals surface area contributed by atoms with Crippen LogP contribution in [-0.2, 0) is 28.5 Å². The van der Waals surface area contributed by atoms with E-state index in [-0.39, 0.29) is 5.97 Å². The van der Waals surface area contributed by atoms with Crippen molar-refractivity contribution in [3.05, 3.63) is 0 Å². The van der Waals surface area contributed by atoms with Gasteiger partial charge in [0.15, 0.2) is 0 Å². The third kappa shape index (κ3) is 15.7. The average Bonchev–Trinajstić information content (AvgIpc) is 2.51. The fraction of sp³-hybridized carbons (Fsp3) is 0.938. The number of esters is 1. The number of carbonyl (C=O) groups is 1. The van der Waals surface area contributed by atoms with Crippen LogP contribution in [0.4, 0.5) is 0 Å². The van der Waals surface area contributed by atoms with Gasteiger partial charge >= 0.3 is 5.97 Å². The van der Waals surface area contributed by atoms with Crippen LogP contribution in [0.1, 0.15) is 40.0 Å². The maximum Gasteiger partial charge on any atom is 0.305 e. The molecule has 0 aliphatic carbocycles. The van der Waals surface area contributed by atoms with Gasteiger partial charge in [0.2, 0.25) is 0 Å². The van der Waals surface area contributed by atoms with Crippen molar-refractivity contribution in [3.8, 4) is 0 Å². The average molecular weight is 320 g/mol. The summed E-state index contributed by atoms with van der Waals surface area (Å²) in [7, 11) is 0. The van der Waals surface area contributed by atoms with Crippen molar-refractivity contribution in [1.82, 2.24) is 0 Å². The smallest absolute Gasteiger partial charge is 0.305 e. The van der Waals surface area contributed by atoms with Gasteiger partial charge in [0.25, 0.3) is 0 Å². The quantitative estimate of drug-likeness (QED) is 0.321. The first kappa shape index (κ1) is 21.3.